The van der Waals surface area contributed by atoms with Crippen molar-refractivity contribution in [3.63, 3.8) is 0 Å². The minimum atomic E-state index is 0.774. The summed E-state index contributed by atoms with van der Waals surface area (Å²) in [6.45, 7) is 2.54. The van der Waals surface area contributed by atoms with Gasteiger partial charge in [-0.05, 0) is 324 Å². The van der Waals surface area contributed by atoms with Gasteiger partial charge in [0.2, 0.25) is 0 Å². The van der Waals surface area contributed by atoms with E-state index in [0.717, 1.165) is 58.7 Å². The van der Waals surface area contributed by atoms with Crippen molar-refractivity contribution in [2.24, 2.45) is 189 Å². The molecule has 0 aliphatic heterocycles. The number of hydrogen-bond donors (Lipinski definition) is 0. The summed E-state index contributed by atoms with van der Waals surface area (Å²) in [6, 6.07) is 0. The molecule has 0 aromatic heterocycles. The number of rotatable bonds is 0. The maximum atomic E-state index is 2.54. The Morgan fingerprint density at radius 3 is 0.626 bits per heavy atom. The average Bonchev–Trinajstić information content (AvgIpc) is 1.81. The fourth-order valence-corrected chi connectivity index (χ4v) is 35.7. The van der Waals surface area contributed by atoms with Gasteiger partial charge in [0, 0.05) is 0 Å². The van der Waals surface area contributed by atoms with Gasteiger partial charge >= 0.3 is 0 Å². The molecule has 26 unspecified atom stereocenters. The van der Waals surface area contributed by atoms with E-state index in [9.17, 15) is 0 Å². The van der Waals surface area contributed by atoms with Crippen LogP contribution in [0.25, 0.3) is 0 Å². The van der Waals surface area contributed by atoms with E-state index < -0.39 is 0 Å². The Morgan fingerprint density at radius 1 is 0.122 bits per heavy atom. The van der Waals surface area contributed by atoms with Gasteiger partial charge in [0.15, 0.2) is 0 Å². The van der Waals surface area contributed by atoms with Crippen molar-refractivity contribution in [1.82, 2.24) is 0 Å². The van der Waals surface area contributed by atoms with Crippen LogP contribution in [-0.2, 0) is 0 Å². The van der Waals surface area contributed by atoms with Gasteiger partial charge in [-0.1, -0.05) is 399 Å². The second-order valence-corrected chi connectivity index (χ2v) is 49.8. The van der Waals surface area contributed by atoms with Crippen molar-refractivity contribution in [2.75, 3.05) is 0 Å². The lowest BCUT2D eigenvalue weighted by Gasteiger charge is -2.48. The van der Waals surface area contributed by atoms with Gasteiger partial charge in [0.05, 0.1) is 0 Å². The fraction of sp³-hybridized carbons (Fsp3) is 1.00. The highest BCUT2D eigenvalue weighted by Crippen LogP contribution is 2.61. The highest BCUT2D eigenvalue weighted by Gasteiger charge is 2.50. The first-order valence-electron chi connectivity index (χ1n) is 56.9. The lowest BCUT2D eigenvalue weighted by molar-refractivity contribution is 0.0278. The largest absolute Gasteiger partial charge is 0.0594 e. The number of hydrogen-bond acceptors (Lipinski definition) is 0. The van der Waals surface area contributed by atoms with Gasteiger partial charge in [-0.25, -0.2) is 0 Å². The van der Waals surface area contributed by atoms with E-state index in [0.29, 0.717) is 0 Å². The van der Waals surface area contributed by atoms with Crippen molar-refractivity contribution < 1.29 is 0 Å². The van der Waals surface area contributed by atoms with Crippen LogP contribution in [0.4, 0.5) is 0 Å². The van der Waals surface area contributed by atoms with Crippen molar-refractivity contribution in [3.05, 3.63) is 0 Å². The average molecular weight is 1580 g/mol. The Bertz CT molecular complexity index is 2530. The van der Waals surface area contributed by atoms with E-state index in [1.165, 1.54) is 271 Å². The molecule has 0 amide bonds. The van der Waals surface area contributed by atoms with Crippen LogP contribution in [0.1, 0.15) is 533 Å². The summed E-state index contributed by atoms with van der Waals surface area (Å²) in [5.74, 6) is 36.5. The molecule has 26 atom stereocenters. The summed E-state index contributed by atoms with van der Waals surface area (Å²) in [5.41, 5.74) is 0.774. The van der Waals surface area contributed by atoms with Crippen LogP contribution >= 0.6 is 0 Å². The van der Waals surface area contributed by atoms with Crippen LogP contribution in [0.3, 0.4) is 0 Å². The molecule has 115 heavy (non-hydrogen) atoms. The van der Waals surface area contributed by atoms with Gasteiger partial charge in [0.25, 0.3) is 0 Å². The summed E-state index contributed by atoms with van der Waals surface area (Å²) in [4.78, 5) is 0. The van der Waals surface area contributed by atoms with Crippen LogP contribution in [0, 0.1) is 189 Å². The number of fused-ring (bicyclic) bond motifs is 16. The Labute approximate surface area is 717 Å². The molecule has 0 nitrogen and oxygen atoms in total. The van der Waals surface area contributed by atoms with Crippen molar-refractivity contribution in [1.29, 1.82) is 0 Å². The Hall–Kier alpha value is 0. The zero-order chi connectivity index (χ0) is 77.4. The van der Waals surface area contributed by atoms with Crippen LogP contribution in [0.2, 0.25) is 0 Å². The molecule has 0 saturated heterocycles. The summed E-state index contributed by atoms with van der Waals surface area (Å²) in [5, 5.41) is 0. The zero-order valence-corrected chi connectivity index (χ0v) is 77.4. The standard InChI is InChI=1S/2C14H24.C12H20.C11H18.2C11H20.C9H16.C8H14.2C7H12.C6H10.C5H8/c1-3-7-13-11(5-1)9-10-12-6-2-4-8-14(12)13;1-2-6-12-10-14-8-4-3-7-13(14)9-11(12)5-1;1-3-9-4-2-6-11-8-7-10(5-1)12(9)11;1-3-8-4-2-6-10(8)11-7-9(11)5-1;1-11-8-4-2-6-10(11)7-3-5-9-11;1-2-6-10-8-4-5-9-11(10)7-3-1;1-2-5-9-7-3-6-8(9)4-1;1-3-7-5-2-6-8(7)4-1;1-2-6-4-5-7(6)3-1;1-2-4-7-5-6(7)3-1;1-2-5-4-6(5)3-1;1-2-5-3-4(1)5/h2*11-14H,1-10H2;9-12H,1-8H2;8-11H,1-7H2;10H,2-9H2,1H3;10-11H,1-9H2;8-9H,1-7H2;7-8H,1-6H2;2*6-7H,1-5H2;5-6H,1-4H2;4-5H,1-3H2. The Kier molecular flexibility index (Phi) is 33.6. The zero-order valence-electron chi connectivity index (χ0n) is 77.4. The quantitative estimate of drug-likeness (QED) is 0.227. The lowest BCUT2D eigenvalue weighted by atomic mass is 9.58. The molecule has 28 fully saturated rings. The predicted molar refractivity (Wildman–Crippen MR) is 495 cm³/mol. The van der Waals surface area contributed by atoms with E-state index in [4.69, 9.17) is 0 Å². The summed E-state index contributed by atoms with van der Waals surface area (Å²) >= 11 is 0. The van der Waals surface area contributed by atoms with E-state index in [1.54, 1.807) is 385 Å². The summed E-state index contributed by atoms with van der Waals surface area (Å²) in [6.07, 6.45) is 128. The molecule has 0 spiro atoms. The second kappa shape index (κ2) is 44.4. The molecule has 28 rings (SSSR count). The highest BCUT2D eigenvalue weighted by atomic mass is 14.6. The first-order valence-corrected chi connectivity index (χ1v) is 56.9. The molecule has 0 aromatic rings. The third kappa shape index (κ3) is 24.6. The molecule has 0 N–H and O–H groups in total. The molecule has 28 aliphatic carbocycles. The molecular weight excluding hydrogens is 1380 g/mol. The SMILES string of the molecule is C1CC2CC12.C1CC2CC2C1.C1CC2CCC2C1.C1CC2CCCC2C1.C1CC2CCCC2C2CC2C1.C1CC2CCCC3CCC(C1)C23.C1CCC2C(C1)CCC1CCCCC12.C1CCC2CC2C1.C1CCC2CC3CCCCC3CC2C1.C1CCC2CCCC2C1.C1CCC2CCCCC2CC1.CC12CCCCC1CCCC2. The normalized spacial score (nSPS) is 47.9. The van der Waals surface area contributed by atoms with E-state index in [1.807, 2.05) is 0 Å². The van der Waals surface area contributed by atoms with Crippen molar-refractivity contribution >= 4 is 0 Å². The fourth-order valence-electron chi connectivity index (χ4n) is 35.7. The first-order chi connectivity index (χ1) is 56.9. The molecule has 0 heteroatoms. The Balaban J connectivity index is 0.0000000913. The monoisotopic (exact) mass is 1580 g/mol. The molecule has 658 valence electrons. The molecule has 0 bridgehead atoms. The van der Waals surface area contributed by atoms with Gasteiger partial charge in [-0.2, -0.15) is 0 Å². The smallest absolute Gasteiger partial charge is 0.0298 e. The first kappa shape index (κ1) is 87.1. The van der Waals surface area contributed by atoms with E-state index in [2.05, 4.69) is 6.92 Å². The van der Waals surface area contributed by atoms with Crippen LogP contribution in [0.15, 0.2) is 0 Å². The van der Waals surface area contributed by atoms with Crippen molar-refractivity contribution in [2.45, 2.75) is 533 Å². The molecule has 0 heterocycles. The van der Waals surface area contributed by atoms with Crippen LogP contribution in [-0.4, -0.2) is 0 Å². The van der Waals surface area contributed by atoms with Gasteiger partial charge in [0.1, 0.15) is 0 Å². The van der Waals surface area contributed by atoms with Gasteiger partial charge in [-0.3, -0.25) is 0 Å². The van der Waals surface area contributed by atoms with E-state index in [-0.39, 0.29) is 0 Å². The molecule has 28 saturated carbocycles. The highest BCUT2D eigenvalue weighted by molar-refractivity contribution is 5.01. The Morgan fingerprint density at radius 2 is 0.304 bits per heavy atom. The summed E-state index contributed by atoms with van der Waals surface area (Å²) < 4.78 is 0. The van der Waals surface area contributed by atoms with Crippen LogP contribution < -0.4 is 0 Å². The van der Waals surface area contributed by atoms with Gasteiger partial charge < -0.3 is 0 Å². The topological polar surface area (TPSA) is 0 Å². The second-order valence-electron chi connectivity index (χ2n) is 49.8. The minimum Gasteiger partial charge on any atom is -0.0594 e. The van der Waals surface area contributed by atoms with Crippen molar-refractivity contribution in [3.8, 4) is 0 Å². The maximum Gasteiger partial charge on any atom is -0.0298 e. The summed E-state index contributed by atoms with van der Waals surface area (Å²) in [7, 11) is 0. The molecule has 0 aromatic carbocycles. The lowest BCUT2D eigenvalue weighted by Crippen LogP contribution is -2.38. The molecule has 0 radical (unpaired) electrons. The molecular formula is C115H198. The minimum absolute atomic E-state index is 0.774. The van der Waals surface area contributed by atoms with E-state index >= 15 is 0 Å². The third-order valence-electron chi connectivity index (χ3n) is 43.3. The maximum absolute atomic E-state index is 2.54. The van der Waals surface area contributed by atoms with Gasteiger partial charge in [-0.15, -0.1) is 0 Å². The van der Waals surface area contributed by atoms with Crippen LogP contribution in [0.5, 0.6) is 0 Å². The predicted octanol–water partition coefficient (Wildman–Crippen LogP) is 36.3. The third-order valence-corrected chi connectivity index (χ3v) is 43.3. The molecule has 28 aliphatic rings.